The van der Waals surface area contributed by atoms with Crippen LogP contribution in [0.4, 0.5) is 0 Å². The van der Waals surface area contributed by atoms with Crippen molar-refractivity contribution in [1.29, 1.82) is 0 Å². The van der Waals surface area contributed by atoms with Crippen LogP contribution in [0.25, 0.3) is 99.1 Å². The van der Waals surface area contributed by atoms with Crippen molar-refractivity contribution >= 4 is 43.5 Å². The standard InChI is InChI=1S/C50H32O/c1-3-12-33(13-4-1)35-22-24-36(25-23-35)37-26-28-38(29-27-37)48-40-16-7-9-18-42(40)49(43-19-10-8-17-41(43)48)45-20-11-21-46-50(45)44-31-30-39(32-47(44)51-46)34-14-5-2-6-15-34/h1-32H/i1D,2D,3D,4D,5D,6D,12D,13D,14D,15D. The minimum atomic E-state index is -0.434. The van der Waals surface area contributed by atoms with Crippen molar-refractivity contribution in [3.05, 3.63) is 194 Å². The zero-order valence-electron chi connectivity index (χ0n) is 37.1. The van der Waals surface area contributed by atoms with Gasteiger partial charge in [0.25, 0.3) is 0 Å². The van der Waals surface area contributed by atoms with E-state index in [9.17, 15) is 0 Å². The molecule has 0 unspecified atom stereocenters. The lowest BCUT2D eigenvalue weighted by Gasteiger charge is -2.18. The zero-order chi connectivity index (χ0) is 42.4. The van der Waals surface area contributed by atoms with Crippen LogP contribution < -0.4 is 0 Å². The topological polar surface area (TPSA) is 13.1 Å². The lowest BCUT2D eigenvalue weighted by Crippen LogP contribution is -1.91. The Morgan fingerprint density at radius 3 is 1.37 bits per heavy atom. The van der Waals surface area contributed by atoms with E-state index < -0.39 is 12.1 Å². The molecule has 1 nitrogen and oxygen atoms in total. The Kier molecular flexibility index (Phi) is 4.88. The number of hydrogen-bond acceptors (Lipinski definition) is 1. The summed E-state index contributed by atoms with van der Waals surface area (Å²) in [5.41, 5.74) is 8.57. The van der Waals surface area contributed by atoms with Crippen molar-refractivity contribution in [3.63, 3.8) is 0 Å². The molecule has 238 valence electrons. The molecule has 0 atom stereocenters. The van der Waals surface area contributed by atoms with Crippen LogP contribution in [0.3, 0.4) is 0 Å². The van der Waals surface area contributed by atoms with Crippen molar-refractivity contribution in [2.24, 2.45) is 0 Å². The second-order valence-corrected chi connectivity index (χ2v) is 12.5. The lowest BCUT2D eigenvalue weighted by atomic mass is 9.84. The summed E-state index contributed by atoms with van der Waals surface area (Å²) in [5, 5.41) is 6.01. The van der Waals surface area contributed by atoms with E-state index in [1.165, 1.54) is 0 Å². The highest BCUT2D eigenvalue weighted by Gasteiger charge is 2.20. The molecule has 10 aromatic rings. The van der Waals surface area contributed by atoms with Gasteiger partial charge in [-0.05, 0) is 95.4 Å². The average Bonchev–Trinajstić information content (AvgIpc) is 3.67. The van der Waals surface area contributed by atoms with E-state index in [0.717, 1.165) is 65.7 Å². The van der Waals surface area contributed by atoms with Crippen LogP contribution >= 0.6 is 0 Å². The number of rotatable bonds is 5. The second-order valence-electron chi connectivity index (χ2n) is 12.5. The number of furan rings is 1. The Bertz CT molecular complexity index is 3350. The molecule has 0 N–H and O–H groups in total. The average molecular weight is 659 g/mol. The predicted molar refractivity (Wildman–Crippen MR) is 216 cm³/mol. The monoisotopic (exact) mass is 658 g/mol. The Balaban J connectivity index is 1.09. The molecule has 51 heavy (non-hydrogen) atoms. The van der Waals surface area contributed by atoms with Gasteiger partial charge in [-0.15, -0.1) is 0 Å². The van der Waals surface area contributed by atoms with E-state index in [2.05, 4.69) is 54.6 Å². The third-order valence-corrected chi connectivity index (χ3v) is 9.67. The Morgan fingerprint density at radius 2 is 0.804 bits per heavy atom. The van der Waals surface area contributed by atoms with Crippen LogP contribution in [0, 0.1) is 0 Å². The summed E-state index contributed by atoms with van der Waals surface area (Å²) in [5.74, 6) is 0. The quantitative estimate of drug-likeness (QED) is 0.168. The largest absolute Gasteiger partial charge is 0.456 e. The van der Waals surface area contributed by atoms with E-state index >= 15 is 0 Å². The molecule has 9 aromatic carbocycles. The summed E-state index contributed by atoms with van der Waals surface area (Å²) >= 11 is 0. The smallest absolute Gasteiger partial charge is 0.136 e. The molecule has 0 aliphatic rings. The highest BCUT2D eigenvalue weighted by atomic mass is 16.3. The van der Waals surface area contributed by atoms with Gasteiger partial charge < -0.3 is 4.42 Å². The third kappa shape index (κ3) is 4.94. The molecule has 1 aromatic heterocycles. The predicted octanol–water partition coefficient (Wildman–Crippen LogP) is 14.2. The fourth-order valence-corrected chi connectivity index (χ4v) is 7.37. The van der Waals surface area contributed by atoms with Crippen LogP contribution in [0.5, 0.6) is 0 Å². The molecule has 0 saturated heterocycles. The molecule has 10 rings (SSSR count). The van der Waals surface area contributed by atoms with E-state index in [1.807, 2.05) is 54.6 Å². The zero-order valence-corrected chi connectivity index (χ0v) is 27.1. The molecular weight excluding hydrogens is 617 g/mol. The number of hydrogen-bond donors (Lipinski definition) is 0. The maximum atomic E-state index is 8.55. The molecule has 0 fully saturated rings. The molecule has 0 aliphatic heterocycles. The van der Waals surface area contributed by atoms with Crippen molar-refractivity contribution < 1.29 is 18.1 Å². The summed E-state index contributed by atoms with van der Waals surface area (Å²) in [7, 11) is 0. The van der Waals surface area contributed by atoms with Gasteiger partial charge in [0.05, 0.1) is 13.7 Å². The lowest BCUT2D eigenvalue weighted by molar-refractivity contribution is 0.669. The van der Waals surface area contributed by atoms with Gasteiger partial charge in [-0.2, -0.15) is 0 Å². The first kappa shape index (κ1) is 20.7. The summed E-state index contributed by atoms with van der Waals surface area (Å²) in [6.07, 6.45) is 0. The molecule has 1 heterocycles. The van der Waals surface area contributed by atoms with Gasteiger partial charge in [-0.25, -0.2) is 0 Å². The molecule has 1 heteroatoms. The van der Waals surface area contributed by atoms with Gasteiger partial charge >= 0.3 is 0 Å². The van der Waals surface area contributed by atoms with Gasteiger partial charge in [-0.1, -0.05) is 176 Å². The van der Waals surface area contributed by atoms with Gasteiger partial charge in [0.15, 0.2) is 0 Å². The molecule has 0 amide bonds. The molecule has 0 radical (unpaired) electrons. The fraction of sp³-hybridized carbons (Fsp3) is 0. The SMILES string of the molecule is [2H]c1c([2H])c([2H])c(-c2ccc(-c3ccc(-c4c5ccccc5c(-c5cccc6oc7cc(-c8c([2H])c([2H])c([2H])c([2H])c8[2H])ccc7c56)c5ccccc45)cc3)cc2)c([2H])c1[2H]. The number of fused-ring (bicyclic) bond motifs is 5. The van der Waals surface area contributed by atoms with Crippen LogP contribution in [-0.2, 0) is 0 Å². The minimum Gasteiger partial charge on any atom is -0.456 e. The summed E-state index contributed by atoms with van der Waals surface area (Å²) in [4.78, 5) is 0. The maximum Gasteiger partial charge on any atom is 0.136 e. The van der Waals surface area contributed by atoms with E-state index in [0.29, 0.717) is 22.3 Å². The van der Waals surface area contributed by atoms with Crippen molar-refractivity contribution in [2.75, 3.05) is 0 Å². The first-order valence-electron chi connectivity index (χ1n) is 21.7. The number of benzene rings is 9. The highest BCUT2D eigenvalue weighted by Crippen LogP contribution is 2.47. The Morgan fingerprint density at radius 1 is 0.333 bits per heavy atom. The van der Waals surface area contributed by atoms with E-state index in [1.54, 1.807) is 24.3 Å². The first-order chi connectivity index (χ1) is 29.4. The van der Waals surface area contributed by atoms with E-state index in [-0.39, 0.29) is 59.5 Å². The van der Waals surface area contributed by atoms with Crippen molar-refractivity contribution in [1.82, 2.24) is 0 Å². The Hall–Kier alpha value is -6.70. The summed E-state index contributed by atoms with van der Waals surface area (Å²) < 4.78 is 88.9. The van der Waals surface area contributed by atoms with Crippen LogP contribution in [0.15, 0.2) is 198 Å². The minimum absolute atomic E-state index is 0.124. The van der Waals surface area contributed by atoms with Crippen LogP contribution in [0.2, 0.25) is 0 Å². The van der Waals surface area contributed by atoms with Crippen molar-refractivity contribution in [2.45, 2.75) is 0 Å². The normalized spacial score (nSPS) is 14.3. The molecule has 0 aliphatic carbocycles. The molecule has 0 spiro atoms. The van der Waals surface area contributed by atoms with Gasteiger partial charge in [-0.3, -0.25) is 0 Å². The van der Waals surface area contributed by atoms with E-state index in [4.69, 9.17) is 18.1 Å². The summed E-state index contributed by atoms with van der Waals surface area (Å²) in [6, 6.07) is 40.7. The maximum absolute atomic E-state index is 8.55. The first-order valence-corrected chi connectivity index (χ1v) is 16.7. The van der Waals surface area contributed by atoms with Crippen LogP contribution in [-0.4, -0.2) is 0 Å². The van der Waals surface area contributed by atoms with Gasteiger partial charge in [0, 0.05) is 10.8 Å². The Labute approximate surface area is 310 Å². The second kappa shape index (κ2) is 12.0. The third-order valence-electron chi connectivity index (χ3n) is 9.67. The van der Waals surface area contributed by atoms with Gasteiger partial charge in [0.1, 0.15) is 11.2 Å². The fourth-order valence-electron chi connectivity index (χ4n) is 7.37. The molecular formula is C50H32O. The van der Waals surface area contributed by atoms with Crippen LogP contribution in [0.1, 0.15) is 13.7 Å². The molecule has 0 bridgehead atoms. The molecule has 0 saturated carbocycles. The summed E-state index contributed by atoms with van der Waals surface area (Å²) in [6.45, 7) is 0. The van der Waals surface area contributed by atoms with Crippen molar-refractivity contribution in [3.8, 4) is 55.6 Å². The van der Waals surface area contributed by atoms with Gasteiger partial charge in [0.2, 0.25) is 0 Å². The highest BCUT2D eigenvalue weighted by molar-refractivity contribution is 6.25.